The molecule has 3 aromatic carbocycles. The van der Waals surface area contributed by atoms with Crippen LogP contribution < -0.4 is 9.62 Å². The fourth-order valence-corrected chi connectivity index (χ4v) is 6.54. The summed E-state index contributed by atoms with van der Waals surface area (Å²) in [6, 6.07) is 16.0. The third kappa shape index (κ3) is 7.85. The summed E-state index contributed by atoms with van der Waals surface area (Å²) in [6.45, 7) is 10.6. The molecule has 0 saturated heterocycles. The molecule has 2 amide bonds. The molecule has 0 unspecified atom stereocenters. The minimum Gasteiger partial charge on any atom is -0.352 e. The fraction of sp³-hybridized carbons (Fsp3) is 0.375. The molecule has 3 rings (SSSR count). The van der Waals surface area contributed by atoms with Crippen LogP contribution >= 0.6 is 23.2 Å². The Labute approximate surface area is 259 Å². The Bertz CT molecular complexity index is 1510. The predicted molar refractivity (Wildman–Crippen MR) is 171 cm³/mol. The van der Waals surface area contributed by atoms with Crippen molar-refractivity contribution in [2.24, 2.45) is 0 Å². The summed E-state index contributed by atoms with van der Waals surface area (Å²) >= 11 is 13.0. The maximum Gasteiger partial charge on any atom is 0.264 e. The van der Waals surface area contributed by atoms with Crippen LogP contribution in [0.3, 0.4) is 0 Å². The van der Waals surface area contributed by atoms with Gasteiger partial charge >= 0.3 is 0 Å². The van der Waals surface area contributed by atoms with Crippen molar-refractivity contribution >= 4 is 50.7 Å². The summed E-state index contributed by atoms with van der Waals surface area (Å²) in [5.74, 6) is -0.892. The van der Waals surface area contributed by atoms with Crippen LogP contribution in [0, 0.1) is 20.8 Å². The number of rotatable bonds is 12. The molecular formula is C32H39Cl2N3O4S. The van der Waals surface area contributed by atoms with Gasteiger partial charge in [0.1, 0.15) is 12.6 Å². The number of hydrogen-bond donors (Lipinski definition) is 1. The normalized spacial score (nSPS) is 12.9. The van der Waals surface area contributed by atoms with E-state index < -0.39 is 28.5 Å². The summed E-state index contributed by atoms with van der Waals surface area (Å²) in [6.07, 6.45) is 1.01. The Morgan fingerprint density at radius 1 is 0.881 bits per heavy atom. The molecule has 7 nitrogen and oxygen atoms in total. The van der Waals surface area contributed by atoms with E-state index in [2.05, 4.69) is 5.32 Å². The maximum atomic E-state index is 14.3. The Morgan fingerprint density at radius 3 is 2.05 bits per heavy atom. The highest BCUT2D eigenvalue weighted by molar-refractivity contribution is 7.92. The number of aryl methyl sites for hydroxylation is 3. The number of halogens is 2. The number of nitrogens with one attached hydrogen (secondary N) is 1. The molecule has 2 atom stereocenters. The molecule has 1 N–H and O–H groups in total. The molecule has 0 aliphatic rings. The van der Waals surface area contributed by atoms with Gasteiger partial charge in [0, 0.05) is 28.2 Å². The summed E-state index contributed by atoms with van der Waals surface area (Å²) in [5, 5.41) is 3.65. The monoisotopic (exact) mass is 631 g/mol. The minimum atomic E-state index is -4.17. The Morgan fingerprint density at radius 2 is 1.48 bits per heavy atom. The third-order valence-electron chi connectivity index (χ3n) is 7.30. The Hall–Kier alpha value is -3.07. The molecule has 0 aliphatic carbocycles. The standard InChI is InChI=1S/C32H39Cl2N3O4S/c1-7-24(6)35-32(39)29(8-2)36(19-26-27(33)10-9-11-28(26)34)31(38)20-37(30-18-22(4)12-15-23(30)5)42(40,41)25-16-13-21(3)14-17-25/h9-18,24,29H,7-8,19-20H2,1-6H3,(H,35,39)/t24-,29+/m1/s1. The molecule has 42 heavy (non-hydrogen) atoms. The molecule has 0 bridgehead atoms. The molecule has 0 saturated carbocycles. The van der Waals surface area contributed by atoms with E-state index in [4.69, 9.17) is 23.2 Å². The molecule has 226 valence electrons. The van der Waals surface area contributed by atoms with Crippen LogP contribution in [0.4, 0.5) is 5.69 Å². The lowest BCUT2D eigenvalue weighted by Gasteiger charge is -2.34. The van der Waals surface area contributed by atoms with Gasteiger partial charge in [-0.2, -0.15) is 0 Å². The number of anilines is 1. The maximum absolute atomic E-state index is 14.3. The first-order valence-electron chi connectivity index (χ1n) is 14.0. The molecular weight excluding hydrogens is 593 g/mol. The van der Waals surface area contributed by atoms with Gasteiger partial charge < -0.3 is 10.2 Å². The number of benzene rings is 3. The van der Waals surface area contributed by atoms with Crippen molar-refractivity contribution in [2.45, 2.75) is 77.9 Å². The quantitative estimate of drug-likeness (QED) is 0.237. The Balaban J connectivity index is 2.14. The predicted octanol–water partition coefficient (Wildman–Crippen LogP) is 6.84. The van der Waals surface area contributed by atoms with E-state index in [1.165, 1.54) is 17.0 Å². The lowest BCUT2D eigenvalue weighted by Crippen LogP contribution is -2.53. The van der Waals surface area contributed by atoms with Crippen molar-refractivity contribution in [3.8, 4) is 0 Å². The van der Waals surface area contributed by atoms with Crippen LogP contribution in [0.1, 0.15) is 55.9 Å². The first kappa shape index (κ1) is 33.4. The number of sulfonamides is 1. The first-order valence-corrected chi connectivity index (χ1v) is 16.2. The van der Waals surface area contributed by atoms with Crippen LogP contribution in [0.2, 0.25) is 10.0 Å². The van der Waals surface area contributed by atoms with E-state index in [0.717, 1.165) is 15.4 Å². The lowest BCUT2D eigenvalue weighted by atomic mass is 10.1. The van der Waals surface area contributed by atoms with Crippen molar-refractivity contribution in [3.63, 3.8) is 0 Å². The number of amides is 2. The average molecular weight is 633 g/mol. The second kappa shape index (κ2) is 14.4. The molecule has 0 radical (unpaired) electrons. The zero-order valence-corrected chi connectivity index (χ0v) is 27.3. The highest BCUT2D eigenvalue weighted by atomic mass is 35.5. The van der Waals surface area contributed by atoms with E-state index in [9.17, 15) is 18.0 Å². The highest BCUT2D eigenvalue weighted by Gasteiger charge is 2.35. The largest absolute Gasteiger partial charge is 0.352 e. The van der Waals surface area contributed by atoms with Gasteiger partial charge in [-0.15, -0.1) is 0 Å². The Kier molecular flexibility index (Phi) is 11.5. The van der Waals surface area contributed by atoms with Gasteiger partial charge in [-0.25, -0.2) is 8.42 Å². The minimum absolute atomic E-state index is 0.0593. The van der Waals surface area contributed by atoms with Crippen molar-refractivity contribution in [1.82, 2.24) is 10.2 Å². The summed E-state index contributed by atoms with van der Waals surface area (Å²) < 4.78 is 29.4. The molecule has 10 heteroatoms. The second-order valence-electron chi connectivity index (χ2n) is 10.6. The summed E-state index contributed by atoms with van der Waals surface area (Å²) in [7, 11) is -4.17. The SMILES string of the molecule is CC[C@@H](C)NC(=O)[C@H](CC)N(Cc1c(Cl)cccc1Cl)C(=O)CN(c1cc(C)ccc1C)S(=O)(=O)c1ccc(C)cc1. The van der Waals surface area contributed by atoms with Crippen LogP contribution in [-0.2, 0) is 26.2 Å². The first-order chi connectivity index (χ1) is 19.8. The molecule has 0 fully saturated rings. The number of hydrogen-bond acceptors (Lipinski definition) is 4. The smallest absolute Gasteiger partial charge is 0.264 e. The van der Waals surface area contributed by atoms with E-state index in [-0.39, 0.29) is 23.4 Å². The van der Waals surface area contributed by atoms with Crippen molar-refractivity contribution in [1.29, 1.82) is 0 Å². The van der Waals surface area contributed by atoms with Crippen LogP contribution in [0.5, 0.6) is 0 Å². The number of carbonyl (C=O) groups excluding carboxylic acids is 2. The van der Waals surface area contributed by atoms with Gasteiger partial charge in [0.2, 0.25) is 11.8 Å². The average Bonchev–Trinajstić information content (AvgIpc) is 2.94. The van der Waals surface area contributed by atoms with E-state index in [1.54, 1.807) is 50.2 Å². The highest BCUT2D eigenvalue weighted by Crippen LogP contribution is 2.30. The number of nitrogens with zero attached hydrogens (tertiary/aromatic N) is 2. The van der Waals surface area contributed by atoms with E-state index in [1.807, 2.05) is 39.8 Å². The van der Waals surface area contributed by atoms with Gasteiger partial charge in [-0.3, -0.25) is 13.9 Å². The van der Waals surface area contributed by atoms with Crippen molar-refractivity contribution in [2.75, 3.05) is 10.8 Å². The number of carbonyl (C=O) groups is 2. The third-order valence-corrected chi connectivity index (χ3v) is 9.78. The van der Waals surface area contributed by atoms with E-state index >= 15 is 0 Å². The fourth-order valence-electron chi connectivity index (χ4n) is 4.55. The second-order valence-corrected chi connectivity index (χ2v) is 13.3. The topological polar surface area (TPSA) is 86.8 Å². The summed E-state index contributed by atoms with van der Waals surface area (Å²) in [5.41, 5.74) is 3.29. The molecule has 0 heterocycles. The van der Waals surface area contributed by atoms with Gasteiger partial charge in [0.05, 0.1) is 10.6 Å². The van der Waals surface area contributed by atoms with Gasteiger partial charge in [-0.05, 0) is 82.0 Å². The zero-order valence-electron chi connectivity index (χ0n) is 24.9. The van der Waals surface area contributed by atoms with Crippen LogP contribution in [-0.4, -0.2) is 43.8 Å². The lowest BCUT2D eigenvalue weighted by molar-refractivity contribution is -0.140. The molecule has 0 aliphatic heterocycles. The molecule has 3 aromatic rings. The van der Waals surface area contributed by atoms with Crippen LogP contribution in [0.25, 0.3) is 0 Å². The van der Waals surface area contributed by atoms with Crippen LogP contribution in [0.15, 0.2) is 65.6 Å². The summed E-state index contributed by atoms with van der Waals surface area (Å²) in [4.78, 5) is 29.2. The van der Waals surface area contributed by atoms with Gasteiger partial charge in [-0.1, -0.05) is 72.9 Å². The zero-order chi connectivity index (χ0) is 31.2. The van der Waals surface area contributed by atoms with Gasteiger partial charge in [0.25, 0.3) is 10.0 Å². The van der Waals surface area contributed by atoms with Crippen molar-refractivity contribution in [3.05, 3.63) is 93.0 Å². The van der Waals surface area contributed by atoms with Crippen molar-refractivity contribution < 1.29 is 18.0 Å². The van der Waals surface area contributed by atoms with E-state index in [0.29, 0.717) is 39.7 Å². The van der Waals surface area contributed by atoms with Gasteiger partial charge in [0.15, 0.2) is 0 Å². The molecule has 0 spiro atoms. The molecule has 0 aromatic heterocycles.